The maximum atomic E-state index is 13.3. The number of amides is 2. The van der Waals surface area contributed by atoms with E-state index in [9.17, 15) is 19.8 Å². The summed E-state index contributed by atoms with van der Waals surface area (Å²) in [4.78, 5) is 26.2. The van der Waals surface area contributed by atoms with Gasteiger partial charge in [-0.15, -0.1) is 0 Å². The van der Waals surface area contributed by atoms with Crippen LogP contribution in [0.15, 0.2) is 78.9 Å². The summed E-state index contributed by atoms with van der Waals surface area (Å²) < 4.78 is 0. The lowest BCUT2D eigenvalue weighted by molar-refractivity contribution is -0.130. The molecule has 0 spiro atoms. The van der Waals surface area contributed by atoms with E-state index in [4.69, 9.17) is 5.11 Å². The van der Waals surface area contributed by atoms with E-state index in [1.54, 1.807) is 0 Å². The minimum atomic E-state index is -0.910. The number of carbonyl (C=O) groups excluding carboxylic acids is 2. The molecular weight excluding hydrogens is 518 g/mol. The molecule has 0 aliphatic carbocycles. The SMILES string of the molecule is CC(C)(CC(=O)N[C@H](CCCc1ccccc1)C(=O)NCc1ccc(-c2ccccc2CO)cc1)NC[C@H](O)CO. The number of carbonyl (C=O) groups is 2. The highest BCUT2D eigenvalue weighted by atomic mass is 16.3. The van der Waals surface area contributed by atoms with Crippen LogP contribution in [0.3, 0.4) is 0 Å². The zero-order valence-corrected chi connectivity index (χ0v) is 24.0. The maximum absolute atomic E-state index is 13.3. The molecule has 0 heterocycles. The molecule has 0 aliphatic rings. The predicted octanol–water partition coefficient (Wildman–Crippen LogP) is 3.08. The van der Waals surface area contributed by atoms with Gasteiger partial charge in [0.15, 0.2) is 0 Å². The van der Waals surface area contributed by atoms with Crippen molar-refractivity contribution in [2.75, 3.05) is 13.2 Å². The Kier molecular flexibility index (Phi) is 12.5. The Morgan fingerprint density at radius 2 is 1.56 bits per heavy atom. The van der Waals surface area contributed by atoms with Crippen LogP contribution < -0.4 is 16.0 Å². The average molecular weight is 562 g/mol. The second-order valence-corrected chi connectivity index (χ2v) is 11.0. The van der Waals surface area contributed by atoms with Crippen LogP contribution in [0.5, 0.6) is 0 Å². The number of aliphatic hydroxyl groups excluding tert-OH is 3. The lowest BCUT2D eigenvalue weighted by atomic mass is 9.98. The van der Waals surface area contributed by atoms with Gasteiger partial charge in [0, 0.05) is 25.0 Å². The third-order valence-corrected chi connectivity index (χ3v) is 7.00. The van der Waals surface area contributed by atoms with Crippen molar-refractivity contribution < 1.29 is 24.9 Å². The van der Waals surface area contributed by atoms with Gasteiger partial charge in [-0.2, -0.15) is 0 Å². The zero-order valence-electron chi connectivity index (χ0n) is 24.0. The van der Waals surface area contributed by atoms with E-state index >= 15 is 0 Å². The van der Waals surface area contributed by atoms with Crippen molar-refractivity contribution in [1.82, 2.24) is 16.0 Å². The van der Waals surface area contributed by atoms with Gasteiger partial charge in [0.05, 0.1) is 19.3 Å². The standard InChI is InChI=1S/C33H43N3O5/c1-33(2,35-21-28(39)23-38)19-31(40)36-30(14-8-11-24-9-4-3-5-10-24)32(41)34-20-25-15-17-26(18-16-25)29-13-7-6-12-27(29)22-37/h3-7,9-10,12-13,15-18,28,30,35,37-39H,8,11,14,19-23H2,1-2H3,(H,34,41)(H,36,40)/t28-,30+/m0/s1. The van der Waals surface area contributed by atoms with Crippen LogP contribution in [0.1, 0.15) is 49.8 Å². The summed E-state index contributed by atoms with van der Waals surface area (Å²) in [5.74, 6) is -0.518. The van der Waals surface area contributed by atoms with E-state index in [2.05, 4.69) is 16.0 Å². The van der Waals surface area contributed by atoms with Crippen LogP contribution >= 0.6 is 0 Å². The normalized spacial score (nSPS) is 12.9. The first-order valence-corrected chi connectivity index (χ1v) is 14.1. The maximum Gasteiger partial charge on any atom is 0.242 e. The van der Waals surface area contributed by atoms with Gasteiger partial charge in [0.25, 0.3) is 0 Å². The third kappa shape index (κ3) is 10.7. The highest BCUT2D eigenvalue weighted by Crippen LogP contribution is 2.24. The first-order valence-electron chi connectivity index (χ1n) is 14.1. The molecule has 0 fully saturated rings. The zero-order chi connectivity index (χ0) is 29.7. The number of hydrogen-bond acceptors (Lipinski definition) is 6. The van der Waals surface area contributed by atoms with Crippen LogP contribution in [0.25, 0.3) is 11.1 Å². The Balaban J connectivity index is 1.61. The Labute approximate surface area is 242 Å². The number of β-amino-alcohol motifs (C(OH)–C–C–N with tert-alkyl or cyclic N) is 1. The minimum absolute atomic E-state index is 0.0385. The molecule has 0 saturated heterocycles. The molecule has 3 rings (SSSR count). The average Bonchev–Trinajstić information content (AvgIpc) is 2.98. The van der Waals surface area contributed by atoms with Crippen LogP contribution in [0.4, 0.5) is 0 Å². The summed E-state index contributed by atoms with van der Waals surface area (Å²) in [6.07, 6.45) is 1.20. The summed E-state index contributed by atoms with van der Waals surface area (Å²) in [6.45, 7) is 3.74. The molecule has 0 aliphatic heterocycles. The van der Waals surface area contributed by atoms with Crippen molar-refractivity contribution >= 4 is 11.8 Å². The second kappa shape index (κ2) is 16.0. The monoisotopic (exact) mass is 561 g/mol. The van der Waals surface area contributed by atoms with Crippen LogP contribution in [0.2, 0.25) is 0 Å². The molecule has 0 radical (unpaired) electrons. The lowest BCUT2D eigenvalue weighted by Crippen LogP contribution is -2.51. The fourth-order valence-electron chi connectivity index (χ4n) is 4.65. The predicted molar refractivity (Wildman–Crippen MR) is 161 cm³/mol. The Morgan fingerprint density at radius 3 is 2.24 bits per heavy atom. The highest BCUT2D eigenvalue weighted by molar-refractivity contribution is 5.88. The van der Waals surface area contributed by atoms with Gasteiger partial charge in [0.1, 0.15) is 6.04 Å². The third-order valence-electron chi connectivity index (χ3n) is 7.00. The topological polar surface area (TPSA) is 131 Å². The van der Waals surface area contributed by atoms with Crippen molar-refractivity contribution in [3.8, 4) is 11.1 Å². The van der Waals surface area contributed by atoms with Gasteiger partial charge in [0.2, 0.25) is 11.8 Å². The highest BCUT2D eigenvalue weighted by Gasteiger charge is 2.26. The summed E-state index contributed by atoms with van der Waals surface area (Å²) >= 11 is 0. The van der Waals surface area contributed by atoms with Gasteiger partial charge in [-0.05, 0) is 60.9 Å². The second-order valence-electron chi connectivity index (χ2n) is 11.0. The van der Waals surface area contributed by atoms with Crippen LogP contribution in [-0.4, -0.2) is 58.0 Å². The Morgan fingerprint density at radius 1 is 0.878 bits per heavy atom. The van der Waals surface area contributed by atoms with Crippen LogP contribution in [-0.2, 0) is 29.2 Å². The van der Waals surface area contributed by atoms with E-state index in [-0.39, 0.29) is 38.0 Å². The van der Waals surface area contributed by atoms with Gasteiger partial charge in [-0.3, -0.25) is 9.59 Å². The van der Waals surface area contributed by atoms with Crippen molar-refractivity contribution in [3.63, 3.8) is 0 Å². The number of rotatable bonds is 16. The molecule has 3 aromatic rings. The molecule has 0 bridgehead atoms. The first-order chi connectivity index (χ1) is 19.7. The van der Waals surface area contributed by atoms with Crippen molar-refractivity contribution in [2.24, 2.45) is 0 Å². The lowest BCUT2D eigenvalue weighted by Gasteiger charge is -2.28. The molecule has 220 valence electrons. The molecule has 0 aromatic heterocycles. The minimum Gasteiger partial charge on any atom is -0.394 e. The van der Waals surface area contributed by atoms with E-state index in [1.165, 1.54) is 5.56 Å². The molecule has 6 N–H and O–H groups in total. The van der Waals surface area contributed by atoms with Gasteiger partial charge >= 0.3 is 0 Å². The van der Waals surface area contributed by atoms with E-state index in [1.807, 2.05) is 92.7 Å². The molecule has 0 saturated carbocycles. The van der Waals surface area contributed by atoms with Crippen LogP contribution in [0, 0.1) is 0 Å². The number of benzene rings is 3. The van der Waals surface area contributed by atoms with Gasteiger partial charge < -0.3 is 31.3 Å². The molecule has 0 unspecified atom stereocenters. The van der Waals surface area contributed by atoms with Crippen molar-refractivity contribution in [3.05, 3.63) is 95.6 Å². The number of nitrogens with one attached hydrogen (secondary N) is 3. The van der Waals surface area contributed by atoms with Gasteiger partial charge in [-0.1, -0.05) is 78.9 Å². The fourth-order valence-corrected chi connectivity index (χ4v) is 4.65. The van der Waals surface area contributed by atoms with Crippen molar-refractivity contribution in [2.45, 2.75) is 70.4 Å². The Hall–Kier alpha value is -3.56. The number of hydrogen-bond donors (Lipinski definition) is 6. The molecule has 8 nitrogen and oxygen atoms in total. The van der Waals surface area contributed by atoms with Crippen molar-refractivity contribution in [1.29, 1.82) is 0 Å². The van der Waals surface area contributed by atoms with E-state index in [0.29, 0.717) is 13.0 Å². The molecular formula is C33H43N3O5. The molecule has 41 heavy (non-hydrogen) atoms. The molecule has 3 aromatic carbocycles. The summed E-state index contributed by atoms with van der Waals surface area (Å²) in [7, 11) is 0. The molecule has 2 atom stereocenters. The smallest absolute Gasteiger partial charge is 0.242 e. The molecule has 2 amide bonds. The quantitative estimate of drug-likeness (QED) is 0.159. The summed E-state index contributed by atoms with van der Waals surface area (Å²) in [5.41, 5.74) is 4.26. The first kappa shape index (κ1) is 32.0. The largest absolute Gasteiger partial charge is 0.394 e. The van der Waals surface area contributed by atoms with Gasteiger partial charge in [-0.25, -0.2) is 0 Å². The molecule has 8 heteroatoms. The van der Waals surface area contributed by atoms with E-state index in [0.717, 1.165) is 35.1 Å². The fraction of sp³-hybridized carbons (Fsp3) is 0.394. The number of aliphatic hydroxyl groups is 3. The summed E-state index contributed by atoms with van der Waals surface area (Å²) in [5, 5.41) is 37.3. The van der Waals surface area contributed by atoms with E-state index < -0.39 is 17.7 Å². The summed E-state index contributed by atoms with van der Waals surface area (Å²) in [6, 6.07) is 24.9. The Bertz CT molecular complexity index is 1230. The number of aryl methyl sites for hydroxylation is 1.